The van der Waals surface area contributed by atoms with Crippen LogP contribution in [0.3, 0.4) is 0 Å². The minimum Gasteiger partial charge on any atom is -0.368 e. The fourth-order valence-electron chi connectivity index (χ4n) is 2.09. The van der Waals surface area contributed by atoms with Gasteiger partial charge in [-0.15, -0.1) is 0 Å². The van der Waals surface area contributed by atoms with Gasteiger partial charge in [-0.05, 0) is 25.0 Å². The van der Waals surface area contributed by atoms with Gasteiger partial charge in [0.05, 0.1) is 0 Å². The van der Waals surface area contributed by atoms with E-state index >= 15 is 0 Å². The average molecular weight is 261 g/mol. The lowest BCUT2D eigenvalue weighted by molar-refractivity contribution is -0.121. The lowest BCUT2D eigenvalue weighted by atomic mass is 10.2. The van der Waals surface area contributed by atoms with E-state index in [1.165, 1.54) is 17.0 Å². The molecule has 1 aromatic heterocycles. The van der Waals surface area contributed by atoms with Crippen molar-refractivity contribution in [3.63, 3.8) is 0 Å². The number of nitrogens with two attached hydrogens (primary N) is 2. The van der Waals surface area contributed by atoms with E-state index in [1.807, 2.05) is 0 Å². The van der Waals surface area contributed by atoms with Crippen LogP contribution >= 0.6 is 0 Å². The Balaban J connectivity index is 2.26. The second kappa shape index (κ2) is 5.05. The highest BCUT2D eigenvalue weighted by atomic mass is 16.2. The van der Waals surface area contributed by atoms with Crippen molar-refractivity contribution in [1.29, 1.82) is 0 Å². The van der Waals surface area contributed by atoms with E-state index in [1.54, 1.807) is 0 Å². The lowest BCUT2D eigenvalue weighted by Gasteiger charge is -2.21. The fraction of sp³-hybridized carbons (Fsp3) is 0.333. The van der Waals surface area contributed by atoms with Crippen LogP contribution in [-0.4, -0.2) is 40.2 Å². The molecular weight excluding hydrogens is 248 g/mol. The number of nitrogens with zero attached hydrogens (tertiary/aromatic N) is 2. The molecule has 1 aromatic rings. The summed E-state index contributed by atoms with van der Waals surface area (Å²) in [6.07, 6.45) is 1.25. The number of pyridine rings is 1. The summed E-state index contributed by atoms with van der Waals surface area (Å²) in [4.78, 5) is 39.7. The number of amides is 3. The Morgan fingerprint density at radius 1 is 1.37 bits per heavy atom. The molecule has 0 bridgehead atoms. The van der Waals surface area contributed by atoms with Crippen molar-refractivity contribution >= 4 is 17.7 Å². The molecule has 0 aromatic carbocycles. The maximum atomic E-state index is 12.2. The minimum absolute atomic E-state index is 0.0562. The topological polar surface area (TPSA) is 119 Å². The van der Waals surface area contributed by atoms with Gasteiger partial charge in [-0.2, -0.15) is 0 Å². The third-order valence-electron chi connectivity index (χ3n) is 2.99. The molecule has 1 atom stereocenters. The van der Waals surface area contributed by atoms with Gasteiger partial charge in [-0.3, -0.25) is 14.4 Å². The zero-order valence-electron chi connectivity index (χ0n) is 10.1. The maximum Gasteiger partial charge on any atom is 0.273 e. The SMILES string of the molecule is NC(=O)c1[c]ccc(C(=O)N2CCCC2C(N)=O)n1. The van der Waals surface area contributed by atoms with Crippen molar-refractivity contribution in [3.8, 4) is 0 Å². The van der Waals surface area contributed by atoms with Crippen LogP contribution < -0.4 is 11.5 Å². The number of carbonyl (C=O) groups is 3. The van der Waals surface area contributed by atoms with E-state index in [0.29, 0.717) is 19.4 Å². The van der Waals surface area contributed by atoms with Gasteiger partial charge in [0, 0.05) is 12.6 Å². The summed E-state index contributed by atoms with van der Waals surface area (Å²) in [5.41, 5.74) is 10.3. The van der Waals surface area contributed by atoms with E-state index in [0.717, 1.165) is 0 Å². The standard InChI is InChI=1S/C12H13N4O3/c13-10(17)7-3-1-4-8(15-7)12(19)16-6-2-5-9(16)11(14)18/h1,4,9H,2,5-6H2,(H2,13,17)(H2,14,18). The van der Waals surface area contributed by atoms with E-state index < -0.39 is 23.8 Å². The molecule has 1 radical (unpaired) electrons. The molecule has 0 saturated carbocycles. The zero-order chi connectivity index (χ0) is 14.0. The van der Waals surface area contributed by atoms with Crippen LogP contribution in [-0.2, 0) is 4.79 Å². The van der Waals surface area contributed by atoms with Crippen molar-refractivity contribution in [1.82, 2.24) is 9.88 Å². The molecule has 7 heteroatoms. The van der Waals surface area contributed by atoms with Crippen molar-refractivity contribution in [2.45, 2.75) is 18.9 Å². The van der Waals surface area contributed by atoms with Gasteiger partial charge in [0.2, 0.25) is 5.91 Å². The van der Waals surface area contributed by atoms with Crippen LogP contribution in [0, 0.1) is 6.07 Å². The summed E-state index contributed by atoms with van der Waals surface area (Å²) in [5, 5.41) is 0. The van der Waals surface area contributed by atoms with Crippen molar-refractivity contribution in [3.05, 3.63) is 29.6 Å². The highest BCUT2D eigenvalue weighted by Crippen LogP contribution is 2.19. The quantitative estimate of drug-likeness (QED) is 0.730. The van der Waals surface area contributed by atoms with E-state index in [9.17, 15) is 14.4 Å². The largest absolute Gasteiger partial charge is 0.368 e. The number of primary amides is 2. The number of hydrogen-bond acceptors (Lipinski definition) is 4. The minimum atomic E-state index is -0.762. The van der Waals surface area contributed by atoms with Gasteiger partial charge >= 0.3 is 0 Å². The van der Waals surface area contributed by atoms with Gasteiger partial charge in [-0.1, -0.05) is 0 Å². The van der Waals surface area contributed by atoms with Crippen LogP contribution in [0.25, 0.3) is 0 Å². The van der Waals surface area contributed by atoms with Crippen molar-refractivity contribution in [2.75, 3.05) is 6.54 Å². The smallest absolute Gasteiger partial charge is 0.273 e. The number of rotatable bonds is 3. The van der Waals surface area contributed by atoms with Crippen molar-refractivity contribution in [2.24, 2.45) is 11.5 Å². The Morgan fingerprint density at radius 2 is 2.11 bits per heavy atom. The van der Waals surface area contributed by atoms with Crippen LogP contribution in [0.2, 0.25) is 0 Å². The molecule has 1 fully saturated rings. The average Bonchev–Trinajstić information content (AvgIpc) is 2.87. The van der Waals surface area contributed by atoms with Gasteiger partial charge < -0.3 is 16.4 Å². The van der Waals surface area contributed by atoms with E-state index in [2.05, 4.69) is 11.1 Å². The van der Waals surface area contributed by atoms with Gasteiger partial charge in [0.1, 0.15) is 17.4 Å². The van der Waals surface area contributed by atoms with Crippen LogP contribution in [0.5, 0.6) is 0 Å². The molecule has 2 rings (SSSR count). The first-order chi connectivity index (χ1) is 9.00. The molecule has 1 aliphatic heterocycles. The van der Waals surface area contributed by atoms with Crippen molar-refractivity contribution < 1.29 is 14.4 Å². The predicted molar refractivity (Wildman–Crippen MR) is 64.8 cm³/mol. The van der Waals surface area contributed by atoms with Gasteiger partial charge in [0.15, 0.2) is 0 Å². The molecule has 3 amide bonds. The number of likely N-dealkylation sites (tertiary alicyclic amines) is 1. The molecular formula is C12H13N4O3. The molecule has 99 valence electrons. The van der Waals surface area contributed by atoms with E-state index in [4.69, 9.17) is 11.5 Å². The summed E-state index contributed by atoms with van der Waals surface area (Å²) < 4.78 is 0. The molecule has 0 aliphatic carbocycles. The second-order valence-corrected chi connectivity index (χ2v) is 4.25. The van der Waals surface area contributed by atoms with Gasteiger partial charge in [0.25, 0.3) is 11.8 Å². The van der Waals surface area contributed by atoms with Crippen LogP contribution in [0.1, 0.15) is 33.8 Å². The van der Waals surface area contributed by atoms with Crippen LogP contribution in [0.15, 0.2) is 12.1 Å². The first-order valence-electron chi connectivity index (χ1n) is 5.79. The van der Waals surface area contributed by atoms with Gasteiger partial charge in [-0.25, -0.2) is 4.98 Å². The molecule has 2 heterocycles. The molecule has 1 unspecified atom stereocenters. The summed E-state index contributed by atoms with van der Waals surface area (Å²) in [7, 11) is 0. The summed E-state index contributed by atoms with van der Waals surface area (Å²) in [5.74, 6) is -1.73. The number of hydrogen-bond donors (Lipinski definition) is 2. The Bertz CT molecular complexity index is 544. The van der Waals surface area contributed by atoms with E-state index in [-0.39, 0.29) is 11.4 Å². The third-order valence-corrected chi connectivity index (χ3v) is 2.99. The second-order valence-electron chi connectivity index (χ2n) is 4.25. The Morgan fingerprint density at radius 3 is 2.74 bits per heavy atom. The lowest BCUT2D eigenvalue weighted by Crippen LogP contribution is -2.44. The third kappa shape index (κ3) is 2.54. The molecule has 1 aliphatic rings. The maximum absolute atomic E-state index is 12.2. The van der Waals surface area contributed by atoms with Crippen LogP contribution in [0.4, 0.5) is 0 Å². The normalized spacial score (nSPS) is 18.3. The molecule has 19 heavy (non-hydrogen) atoms. The zero-order valence-corrected chi connectivity index (χ0v) is 10.1. The highest BCUT2D eigenvalue weighted by Gasteiger charge is 2.33. The first-order valence-corrected chi connectivity index (χ1v) is 5.79. The summed E-state index contributed by atoms with van der Waals surface area (Å²) >= 11 is 0. The molecule has 1 saturated heterocycles. The monoisotopic (exact) mass is 261 g/mol. The number of aromatic nitrogens is 1. The molecule has 4 N–H and O–H groups in total. The first kappa shape index (κ1) is 13.0. The Labute approximate surface area is 109 Å². The summed E-state index contributed by atoms with van der Waals surface area (Å²) in [6.45, 7) is 0.443. The Kier molecular flexibility index (Phi) is 3.46. The molecule has 0 spiro atoms. The summed E-state index contributed by atoms with van der Waals surface area (Å²) in [6, 6.07) is 4.74. The number of carbonyl (C=O) groups excluding carboxylic acids is 3. The fourth-order valence-corrected chi connectivity index (χ4v) is 2.09. The predicted octanol–water partition coefficient (Wildman–Crippen LogP) is -0.929. The highest BCUT2D eigenvalue weighted by molar-refractivity contribution is 5.97. The molecule has 7 nitrogen and oxygen atoms in total. The Hall–Kier alpha value is -2.44.